The molecule has 1 saturated heterocycles. The second-order valence-electron chi connectivity index (χ2n) is 8.98. The van der Waals surface area contributed by atoms with Crippen LogP contribution in [0.5, 0.6) is 0 Å². The van der Waals surface area contributed by atoms with Crippen molar-refractivity contribution < 1.29 is 14.3 Å². The molecule has 2 fully saturated rings. The molecule has 8 nitrogen and oxygen atoms in total. The molecule has 0 unspecified atom stereocenters. The van der Waals surface area contributed by atoms with Crippen molar-refractivity contribution in [2.24, 2.45) is 10.9 Å². The molecule has 0 aromatic rings. The monoisotopic (exact) mass is 411 g/mol. The summed E-state index contributed by atoms with van der Waals surface area (Å²) in [5, 5.41) is 3.36. The van der Waals surface area contributed by atoms with Crippen molar-refractivity contribution in [3.63, 3.8) is 0 Å². The molecular formula is C21H41N5O3. The fraction of sp³-hybridized carbons (Fsp3) is 0.905. The number of hydrogen-bond acceptors (Lipinski definition) is 5. The molecule has 0 radical (unpaired) electrons. The first-order valence-electron chi connectivity index (χ1n) is 11.1. The summed E-state index contributed by atoms with van der Waals surface area (Å²) in [4.78, 5) is 23.2. The number of carbonyl (C=O) groups is 1. The number of nitrogens with zero attached hydrogens (tertiary/aromatic N) is 4. The Morgan fingerprint density at radius 3 is 2.48 bits per heavy atom. The van der Waals surface area contributed by atoms with Crippen molar-refractivity contribution in [3.8, 4) is 0 Å². The summed E-state index contributed by atoms with van der Waals surface area (Å²) in [5.74, 6) is 1.73. The van der Waals surface area contributed by atoms with Crippen LogP contribution in [0.2, 0.25) is 0 Å². The highest BCUT2D eigenvalue weighted by Gasteiger charge is 2.25. The van der Waals surface area contributed by atoms with Crippen LogP contribution in [-0.2, 0) is 9.47 Å². The highest BCUT2D eigenvalue weighted by Crippen LogP contribution is 2.28. The van der Waals surface area contributed by atoms with E-state index < -0.39 is 5.60 Å². The summed E-state index contributed by atoms with van der Waals surface area (Å²) in [5.41, 5.74) is -0.444. The molecule has 168 valence electrons. The quantitative estimate of drug-likeness (QED) is 0.355. The lowest BCUT2D eigenvalue weighted by Gasteiger charge is -2.35. The molecule has 2 aliphatic rings. The second kappa shape index (κ2) is 11.6. The maximum atomic E-state index is 12.2. The van der Waals surface area contributed by atoms with Gasteiger partial charge in [0.15, 0.2) is 5.96 Å². The Bertz CT molecular complexity index is 523. The number of likely N-dealkylation sites (N-methyl/N-ethyl adjacent to an activating group) is 1. The Balaban J connectivity index is 1.67. The molecule has 1 N–H and O–H groups in total. The number of amides is 1. The fourth-order valence-electron chi connectivity index (χ4n) is 3.09. The van der Waals surface area contributed by atoms with Gasteiger partial charge in [-0.1, -0.05) is 0 Å². The van der Waals surface area contributed by atoms with Gasteiger partial charge in [0, 0.05) is 59.5 Å². The van der Waals surface area contributed by atoms with Crippen molar-refractivity contribution in [2.45, 2.75) is 46.1 Å². The van der Waals surface area contributed by atoms with Gasteiger partial charge in [-0.25, -0.2) is 4.79 Å². The molecule has 0 spiro atoms. The van der Waals surface area contributed by atoms with Gasteiger partial charge in [-0.05, 0) is 46.5 Å². The zero-order valence-corrected chi connectivity index (χ0v) is 19.1. The van der Waals surface area contributed by atoms with Gasteiger partial charge in [-0.15, -0.1) is 0 Å². The van der Waals surface area contributed by atoms with Crippen molar-refractivity contribution in [1.82, 2.24) is 20.0 Å². The van der Waals surface area contributed by atoms with E-state index >= 15 is 0 Å². The van der Waals surface area contributed by atoms with Crippen LogP contribution in [0.3, 0.4) is 0 Å². The van der Waals surface area contributed by atoms with E-state index in [4.69, 9.17) is 14.5 Å². The average Bonchev–Trinajstić information content (AvgIpc) is 3.48. The standard InChI is InChI=1S/C21H41N5O3/c1-6-22-19(24(5)15-16-28-17-18-7-8-18)23-9-10-25-11-13-26(14-12-25)20(27)29-21(2,3)4/h18H,6-17H2,1-5H3,(H,22,23). The van der Waals surface area contributed by atoms with E-state index in [1.54, 1.807) is 4.90 Å². The number of hydrogen-bond donors (Lipinski definition) is 1. The lowest BCUT2D eigenvalue weighted by atomic mass is 10.2. The third-order valence-electron chi connectivity index (χ3n) is 5.02. The van der Waals surface area contributed by atoms with Crippen molar-refractivity contribution in [2.75, 3.05) is 72.6 Å². The van der Waals surface area contributed by atoms with Gasteiger partial charge in [-0.2, -0.15) is 0 Å². The van der Waals surface area contributed by atoms with Gasteiger partial charge < -0.3 is 24.6 Å². The third kappa shape index (κ3) is 9.67. The lowest BCUT2D eigenvalue weighted by Crippen LogP contribution is -2.50. The van der Waals surface area contributed by atoms with Gasteiger partial charge in [0.1, 0.15) is 5.60 Å². The van der Waals surface area contributed by atoms with Crippen LogP contribution in [0.1, 0.15) is 40.5 Å². The van der Waals surface area contributed by atoms with Crippen LogP contribution in [0, 0.1) is 5.92 Å². The highest BCUT2D eigenvalue weighted by molar-refractivity contribution is 5.79. The summed E-state index contributed by atoms with van der Waals surface area (Å²) < 4.78 is 11.2. The molecule has 1 aliphatic heterocycles. The van der Waals surface area contributed by atoms with Crippen LogP contribution < -0.4 is 5.32 Å². The molecule has 0 aromatic carbocycles. The summed E-state index contributed by atoms with van der Waals surface area (Å²) in [6.45, 7) is 15.9. The predicted molar refractivity (Wildman–Crippen MR) is 116 cm³/mol. The minimum atomic E-state index is -0.444. The van der Waals surface area contributed by atoms with E-state index in [1.807, 2.05) is 20.8 Å². The Labute approximate surface area is 176 Å². The number of carbonyl (C=O) groups excluding carboxylic acids is 1. The minimum Gasteiger partial charge on any atom is -0.444 e. The van der Waals surface area contributed by atoms with Gasteiger partial charge in [0.05, 0.1) is 13.2 Å². The highest BCUT2D eigenvalue weighted by atomic mass is 16.6. The fourth-order valence-corrected chi connectivity index (χ4v) is 3.09. The maximum Gasteiger partial charge on any atom is 0.410 e. The molecule has 29 heavy (non-hydrogen) atoms. The van der Waals surface area contributed by atoms with Gasteiger partial charge in [0.2, 0.25) is 0 Å². The zero-order chi connectivity index (χ0) is 21.3. The molecule has 0 atom stereocenters. The SMILES string of the molecule is CCNC(=NCCN1CCN(C(=O)OC(C)(C)C)CC1)N(C)CCOCC1CC1. The molecule has 1 saturated carbocycles. The van der Waals surface area contributed by atoms with Crippen LogP contribution >= 0.6 is 0 Å². The van der Waals surface area contributed by atoms with Crippen LogP contribution in [0.25, 0.3) is 0 Å². The van der Waals surface area contributed by atoms with Gasteiger partial charge >= 0.3 is 6.09 Å². The van der Waals surface area contributed by atoms with E-state index in [2.05, 4.69) is 29.1 Å². The molecule has 1 aliphatic carbocycles. The Morgan fingerprint density at radius 1 is 1.21 bits per heavy atom. The number of rotatable bonds is 9. The number of aliphatic imine (C=N–C) groups is 1. The summed E-state index contributed by atoms with van der Waals surface area (Å²) >= 11 is 0. The van der Waals surface area contributed by atoms with Crippen LogP contribution in [-0.4, -0.2) is 105 Å². The molecule has 1 amide bonds. The molecule has 1 heterocycles. The maximum absolute atomic E-state index is 12.2. The number of nitrogens with one attached hydrogen (secondary N) is 1. The molecular weight excluding hydrogens is 370 g/mol. The molecule has 0 bridgehead atoms. The molecule has 2 rings (SSSR count). The number of ether oxygens (including phenoxy) is 2. The predicted octanol–water partition coefficient (Wildman–Crippen LogP) is 1.86. The first-order chi connectivity index (χ1) is 13.8. The topological polar surface area (TPSA) is 69.6 Å². The van der Waals surface area contributed by atoms with Crippen LogP contribution in [0.15, 0.2) is 4.99 Å². The van der Waals surface area contributed by atoms with E-state index in [9.17, 15) is 4.79 Å². The lowest BCUT2D eigenvalue weighted by molar-refractivity contribution is 0.0148. The van der Waals surface area contributed by atoms with Gasteiger partial charge in [0.25, 0.3) is 0 Å². The summed E-state index contributed by atoms with van der Waals surface area (Å²) in [7, 11) is 2.06. The van der Waals surface area contributed by atoms with Crippen LogP contribution in [0.4, 0.5) is 4.79 Å². The average molecular weight is 412 g/mol. The van der Waals surface area contributed by atoms with E-state index in [0.717, 1.165) is 64.4 Å². The van der Waals surface area contributed by atoms with Crippen molar-refractivity contribution >= 4 is 12.1 Å². The Hall–Kier alpha value is -1.54. The second-order valence-corrected chi connectivity index (χ2v) is 8.98. The van der Waals surface area contributed by atoms with E-state index in [1.165, 1.54) is 12.8 Å². The number of piperazine rings is 1. The molecule has 0 aromatic heterocycles. The summed E-state index contributed by atoms with van der Waals surface area (Å²) in [6, 6.07) is 0. The molecule has 8 heteroatoms. The smallest absolute Gasteiger partial charge is 0.410 e. The van der Waals surface area contributed by atoms with Crippen molar-refractivity contribution in [3.05, 3.63) is 0 Å². The largest absolute Gasteiger partial charge is 0.444 e. The number of guanidine groups is 1. The third-order valence-corrected chi connectivity index (χ3v) is 5.02. The zero-order valence-electron chi connectivity index (χ0n) is 19.1. The normalized spacial score (nSPS) is 18.7. The van der Waals surface area contributed by atoms with E-state index in [0.29, 0.717) is 13.1 Å². The van der Waals surface area contributed by atoms with E-state index in [-0.39, 0.29) is 6.09 Å². The van der Waals surface area contributed by atoms with Gasteiger partial charge in [-0.3, -0.25) is 9.89 Å². The Kier molecular flexibility index (Phi) is 9.49. The Morgan fingerprint density at radius 2 is 1.90 bits per heavy atom. The minimum absolute atomic E-state index is 0.213. The first kappa shape index (κ1) is 23.7. The summed E-state index contributed by atoms with van der Waals surface area (Å²) in [6.07, 6.45) is 2.44. The first-order valence-corrected chi connectivity index (χ1v) is 11.1. The van der Waals surface area contributed by atoms with Crippen molar-refractivity contribution in [1.29, 1.82) is 0 Å².